The second kappa shape index (κ2) is 9.34. The SMILES string of the molecule is CCn1c(Cc2ccccc2)nnc1SC(C)C(=O)Nc1cccc(C(F)(F)F)c1. The molecule has 0 fully saturated rings. The van der Waals surface area contributed by atoms with Crippen molar-refractivity contribution in [3.8, 4) is 0 Å². The Kier molecular flexibility index (Phi) is 6.81. The standard InChI is InChI=1S/C21H21F3N4OS/c1-3-28-18(12-15-8-5-4-6-9-15)26-27-20(28)30-14(2)19(29)25-17-11-7-10-16(13-17)21(22,23)24/h4-11,13-14H,3,12H2,1-2H3,(H,25,29). The molecule has 0 spiro atoms. The van der Waals surface area contributed by atoms with Crippen molar-refractivity contribution in [1.29, 1.82) is 0 Å². The van der Waals surface area contributed by atoms with Gasteiger partial charge in [-0.15, -0.1) is 10.2 Å². The zero-order valence-corrected chi connectivity index (χ0v) is 17.3. The Labute approximate surface area is 176 Å². The van der Waals surface area contributed by atoms with Crippen molar-refractivity contribution >= 4 is 23.4 Å². The Balaban J connectivity index is 1.68. The summed E-state index contributed by atoms with van der Waals surface area (Å²) in [7, 11) is 0. The van der Waals surface area contributed by atoms with Gasteiger partial charge in [-0.2, -0.15) is 13.2 Å². The summed E-state index contributed by atoms with van der Waals surface area (Å²) in [4.78, 5) is 12.5. The number of carbonyl (C=O) groups excluding carboxylic acids is 1. The maximum Gasteiger partial charge on any atom is 0.416 e. The molecule has 1 aromatic heterocycles. The van der Waals surface area contributed by atoms with Gasteiger partial charge in [0.2, 0.25) is 5.91 Å². The van der Waals surface area contributed by atoms with Crippen LogP contribution in [0.3, 0.4) is 0 Å². The summed E-state index contributed by atoms with van der Waals surface area (Å²) < 4.78 is 40.5. The third kappa shape index (κ3) is 5.41. The van der Waals surface area contributed by atoms with E-state index in [2.05, 4.69) is 15.5 Å². The van der Waals surface area contributed by atoms with E-state index in [0.717, 1.165) is 23.5 Å². The topological polar surface area (TPSA) is 59.8 Å². The molecule has 3 rings (SSSR count). The quantitative estimate of drug-likeness (QED) is 0.530. The molecule has 0 saturated heterocycles. The van der Waals surface area contributed by atoms with Gasteiger partial charge in [0.05, 0.1) is 10.8 Å². The first-order chi connectivity index (χ1) is 14.3. The van der Waals surface area contributed by atoms with Crippen LogP contribution in [0.2, 0.25) is 0 Å². The first-order valence-electron chi connectivity index (χ1n) is 9.38. The molecule has 5 nitrogen and oxygen atoms in total. The lowest BCUT2D eigenvalue weighted by atomic mass is 10.1. The van der Waals surface area contributed by atoms with E-state index in [-0.39, 0.29) is 5.69 Å². The summed E-state index contributed by atoms with van der Waals surface area (Å²) in [5.41, 5.74) is 0.396. The third-order valence-electron chi connectivity index (χ3n) is 4.42. The largest absolute Gasteiger partial charge is 0.416 e. The van der Waals surface area contributed by atoms with E-state index in [4.69, 9.17) is 0 Å². The number of benzene rings is 2. The molecule has 9 heteroatoms. The van der Waals surface area contributed by atoms with Crippen LogP contribution in [0.15, 0.2) is 59.8 Å². The van der Waals surface area contributed by atoms with E-state index in [9.17, 15) is 18.0 Å². The number of alkyl halides is 3. The second-order valence-corrected chi connectivity index (χ2v) is 7.94. The molecule has 3 aromatic rings. The summed E-state index contributed by atoms with van der Waals surface area (Å²) in [6.45, 7) is 4.29. The highest BCUT2D eigenvalue weighted by molar-refractivity contribution is 8.00. The van der Waals surface area contributed by atoms with Gasteiger partial charge in [-0.3, -0.25) is 4.79 Å². The molecule has 0 aliphatic rings. The number of carbonyl (C=O) groups is 1. The molecule has 2 aromatic carbocycles. The minimum absolute atomic E-state index is 0.101. The predicted octanol–water partition coefficient (Wildman–Crippen LogP) is 5.03. The highest BCUT2D eigenvalue weighted by Crippen LogP contribution is 2.31. The van der Waals surface area contributed by atoms with Crippen molar-refractivity contribution in [3.05, 3.63) is 71.5 Å². The van der Waals surface area contributed by atoms with Crippen LogP contribution in [0.25, 0.3) is 0 Å². The average molecular weight is 434 g/mol. The number of nitrogens with one attached hydrogen (secondary N) is 1. The minimum Gasteiger partial charge on any atom is -0.325 e. The van der Waals surface area contributed by atoms with Crippen LogP contribution in [0.5, 0.6) is 0 Å². The van der Waals surface area contributed by atoms with Crippen LogP contribution in [0, 0.1) is 0 Å². The van der Waals surface area contributed by atoms with Gasteiger partial charge < -0.3 is 9.88 Å². The predicted molar refractivity (Wildman–Crippen MR) is 110 cm³/mol. The molecule has 0 radical (unpaired) electrons. The fourth-order valence-electron chi connectivity index (χ4n) is 2.86. The van der Waals surface area contributed by atoms with Gasteiger partial charge in [0.25, 0.3) is 0 Å². The smallest absolute Gasteiger partial charge is 0.325 e. The molecule has 1 amide bonds. The molecular weight excluding hydrogens is 413 g/mol. The van der Waals surface area contributed by atoms with E-state index in [1.165, 1.54) is 23.9 Å². The number of aromatic nitrogens is 3. The fourth-order valence-corrected chi connectivity index (χ4v) is 3.79. The van der Waals surface area contributed by atoms with E-state index < -0.39 is 22.9 Å². The lowest BCUT2D eigenvalue weighted by molar-refractivity contribution is -0.137. The highest BCUT2D eigenvalue weighted by atomic mass is 32.2. The summed E-state index contributed by atoms with van der Waals surface area (Å²) in [6, 6.07) is 14.4. The number of thioether (sulfide) groups is 1. The molecule has 0 saturated carbocycles. The number of nitrogens with zero attached hydrogens (tertiary/aromatic N) is 3. The monoisotopic (exact) mass is 434 g/mol. The van der Waals surface area contributed by atoms with Gasteiger partial charge in [0.1, 0.15) is 5.82 Å². The molecule has 1 atom stereocenters. The van der Waals surface area contributed by atoms with Crippen LogP contribution in [-0.2, 0) is 23.9 Å². The molecular formula is C21H21F3N4OS. The number of amides is 1. The van der Waals surface area contributed by atoms with Crippen LogP contribution < -0.4 is 5.32 Å². The van der Waals surface area contributed by atoms with Crippen molar-refractivity contribution < 1.29 is 18.0 Å². The second-order valence-electron chi connectivity index (χ2n) is 6.63. The van der Waals surface area contributed by atoms with Crippen molar-refractivity contribution in [2.75, 3.05) is 5.32 Å². The molecule has 158 valence electrons. The van der Waals surface area contributed by atoms with Crippen molar-refractivity contribution in [3.63, 3.8) is 0 Å². The van der Waals surface area contributed by atoms with E-state index >= 15 is 0 Å². The number of halogens is 3. The van der Waals surface area contributed by atoms with Crippen molar-refractivity contribution in [2.45, 2.75) is 43.4 Å². The molecule has 0 aliphatic heterocycles. The zero-order chi connectivity index (χ0) is 21.7. The van der Waals surface area contributed by atoms with Crippen molar-refractivity contribution in [2.24, 2.45) is 0 Å². The van der Waals surface area contributed by atoms with Gasteiger partial charge in [0, 0.05) is 18.7 Å². The maximum absolute atomic E-state index is 12.9. The summed E-state index contributed by atoms with van der Waals surface area (Å²) >= 11 is 1.22. The Bertz CT molecular complexity index is 1000. The normalized spacial score (nSPS) is 12.6. The Hall–Kier alpha value is -2.81. The summed E-state index contributed by atoms with van der Waals surface area (Å²) in [5.74, 6) is 0.381. The highest BCUT2D eigenvalue weighted by Gasteiger charge is 2.30. The third-order valence-corrected chi connectivity index (χ3v) is 5.50. The summed E-state index contributed by atoms with van der Waals surface area (Å²) in [5, 5.41) is 11.0. The first kappa shape index (κ1) is 21.9. The molecule has 30 heavy (non-hydrogen) atoms. The van der Waals surface area contributed by atoms with E-state index in [0.29, 0.717) is 18.1 Å². The molecule has 1 heterocycles. The van der Waals surface area contributed by atoms with Gasteiger partial charge in [-0.05, 0) is 37.6 Å². The van der Waals surface area contributed by atoms with Gasteiger partial charge in [-0.1, -0.05) is 48.2 Å². The summed E-state index contributed by atoms with van der Waals surface area (Å²) in [6.07, 6.45) is -3.85. The van der Waals surface area contributed by atoms with Crippen LogP contribution >= 0.6 is 11.8 Å². The Morgan fingerprint density at radius 3 is 2.53 bits per heavy atom. The van der Waals surface area contributed by atoms with Crippen LogP contribution in [0.4, 0.5) is 18.9 Å². The molecule has 1 N–H and O–H groups in total. The van der Waals surface area contributed by atoms with E-state index in [1.807, 2.05) is 41.8 Å². The van der Waals surface area contributed by atoms with Gasteiger partial charge in [-0.25, -0.2) is 0 Å². The lowest BCUT2D eigenvalue weighted by Crippen LogP contribution is -2.23. The van der Waals surface area contributed by atoms with Crippen molar-refractivity contribution in [1.82, 2.24) is 14.8 Å². The Morgan fingerprint density at radius 1 is 1.13 bits per heavy atom. The number of hydrogen-bond donors (Lipinski definition) is 1. The van der Waals surface area contributed by atoms with E-state index in [1.54, 1.807) is 6.92 Å². The maximum atomic E-state index is 12.9. The number of anilines is 1. The van der Waals surface area contributed by atoms with Crippen LogP contribution in [0.1, 0.15) is 30.8 Å². The number of rotatable bonds is 7. The minimum atomic E-state index is -4.46. The van der Waals surface area contributed by atoms with Crippen LogP contribution in [-0.4, -0.2) is 25.9 Å². The average Bonchev–Trinajstić information content (AvgIpc) is 3.09. The fraction of sp³-hybridized carbons (Fsp3) is 0.286. The first-order valence-corrected chi connectivity index (χ1v) is 10.3. The molecule has 0 aliphatic carbocycles. The Morgan fingerprint density at radius 2 is 1.87 bits per heavy atom. The molecule has 1 unspecified atom stereocenters. The zero-order valence-electron chi connectivity index (χ0n) is 16.5. The van der Waals surface area contributed by atoms with Gasteiger partial charge >= 0.3 is 6.18 Å². The lowest BCUT2D eigenvalue weighted by Gasteiger charge is -2.14. The van der Waals surface area contributed by atoms with Gasteiger partial charge in [0.15, 0.2) is 5.16 Å². The number of hydrogen-bond acceptors (Lipinski definition) is 4. The molecule has 0 bridgehead atoms.